The highest BCUT2D eigenvalue weighted by Gasteiger charge is 2.15. The van der Waals surface area contributed by atoms with Gasteiger partial charge in [-0.2, -0.15) is 0 Å². The Kier molecular flexibility index (Phi) is 5.58. The van der Waals surface area contributed by atoms with E-state index in [2.05, 4.69) is 26.4 Å². The van der Waals surface area contributed by atoms with Gasteiger partial charge in [0.15, 0.2) is 11.5 Å². The van der Waals surface area contributed by atoms with Gasteiger partial charge >= 0.3 is 0 Å². The van der Waals surface area contributed by atoms with Crippen LogP contribution in [0.15, 0.2) is 57.5 Å². The van der Waals surface area contributed by atoms with Crippen LogP contribution >= 0.6 is 15.9 Å². The van der Waals surface area contributed by atoms with Crippen LogP contribution in [-0.4, -0.2) is 25.3 Å². The molecule has 1 amide bonds. The molecule has 0 bridgehead atoms. The van der Waals surface area contributed by atoms with E-state index in [0.29, 0.717) is 23.7 Å². The highest BCUT2D eigenvalue weighted by Crippen LogP contribution is 2.36. The largest absolute Gasteiger partial charge is 0.493 e. The minimum atomic E-state index is -0.342. The van der Waals surface area contributed by atoms with Gasteiger partial charge < -0.3 is 19.3 Å². The van der Waals surface area contributed by atoms with Gasteiger partial charge in [0.2, 0.25) is 5.76 Å². The van der Waals surface area contributed by atoms with Crippen molar-refractivity contribution >= 4 is 21.8 Å². The van der Waals surface area contributed by atoms with Gasteiger partial charge in [0.1, 0.15) is 5.69 Å². The normalized spacial score (nSPS) is 10.4. The molecule has 0 saturated carbocycles. The van der Waals surface area contributed by atoms with Crippen molar-refractivity contribution in [3.8, 4) is 22.8 Å². The first-order valence-electron chi connectivity index (χ1n) is 7.83. The summed E-state index contributed by atoms with van der Waals surface area (Å²) in [6.45, 7) is 0.305. The Morgan fingerprint density at radius 1 is 1.15 bits per heavy atom. The number of hydrogen-bond donors (Lipinski definition) is 1. The van der Waals surface area contributed by atoms with E-state index in [1.807, 2.05) is 36.4 Å². The quantitative estimate of drug-likeness (QED) is 0.655. The Balaban J connectivity index is 1.70. The number of carbonyl (C=O) groups excluding carboxylic acids is 1. The second-order valence-corrected chi connectivity index (χ2v) is 6.29. The van der Waals surface area contributed by atoms with Crippen LogP contribution in [0.5, 0.6) is 11.5 Å². The van der Waals surface area contributed by atoms with Crippen molar-refractivity contribution < 1.29 is 18.8 Å². The molecule has 134 valence electrons. The molecule has 0 aliphatic heterocycles. The van der Waals surface area contributed by atoms with Crippen molar-refractivity contribution in [3.05, 3.63) is 64.3 Å². The molecule has 0 unspecified atom stereocenters. The molecule has 1 aromatic heterocycles. The van der Waals surface area contributed by atoms with Crippen LogP contribution in [0.4, 0.5) is 0 Å². The standard InChI is InChI=1S/C19H17BrN2O4/c1-24-16-9-12(8-14(20)18(16)25-2)11-21-19(23)17-10-15(22-26-17)13-6-4-3-5-7-13/h3-10H,11H2,1-2H3,(H,21,23). The lowest BCUT2D eigenvalue weighted by molar-refractivity contribution is 0.0914. The summed E-state index contributed by atoms with van der Waals surface area (Å²) in [7, 11) is 3.13. The number of ether oxygens (including phenoxy) is 2. The maximum atomic E-state index is 12.3. The molecule has 7 heteroatoms. The summed E-state index contributed by atoms with van der Waals surface area (Å²) < 4.78 is 16.5. The average molecular weight is 417 g/mol. The third-order valence-electron chi connectivity index (χ3n) is 3.75. The van der Waals surface area contributed by atoms with Crippen LogP contribution < -0.4 is 14.8 Å². The summed E-state index contributed by atoms with van der Waals surface area (Å²) in [4.78, 5) is 12.3. The Labute approximate surface area is 159 Å². The molecule has 3 aromatic rings. The second-order valence-electron chi connectivity index (χ2n) is 5.44. The van der Waals surface area contributed by atoms with E-state index in [1.165, 1.54) is 0 Å². The molecule has 0 radical (unpaired) electrons. The maximum Gasteiger partial charge on any atom is 0.290 e. The van der Waals surface area contributed by atoms with Gasteiger partial charge in [-0.15, -0.1) is 0 Å². The van der Waals surface area contributed by atoms with E-state index < -0.39 is 0 Å². The summed E-state index contributed by atoms with van der Waals surface area (Å²) in [5.41, 5.74) is 2.36. The molecular formula is C19H17BrN2O4. The van der Waals surface area contributed by atoms with E-state index in [0.717, 1.165) is 15.6 Å². The van der Waals surface area contributed by atoms with Crippen LogP contribution in [-0.2, 0) is 6.54 Å². The van der Waals surface area contributed by atoms with Crippen molar-refractivity contribution in [1.29, 1.82) is 0 Å². The Morgan fingerprint density at radius 3 is 2.62 bits per heavy atom. The predicted molar refractivity (Wildman–Crippen MR) is 100 cm³/mol. The molecule has 0 saturated heterocycles. The van der Waals surface area contributed by atoms with E-state index in [9.17, 15) is 4.79 Å². The van der Waals surface area contributed by atoms with Gasteiger partial charge in [-0.3, -0.25) is 4.79 Å². The summed E-state index contributed by atoms with van der Waals surface area (Å²) in [6, 6.07) is 14.8. The van der Waals surface area contributed by atoms with Crippen molar-refractivity contribution in [1.82, 2.24) is 10.5 Å². The van der Waals surface area contributed by atoms with E-state index in [4.69, 9.17) is 14.0 Å². The number of benzene rings is 2. The average Bonchev–Trinajstić information content (AvgIpc) is 3.16. The first-order chi connectivity index (χ1) is 12.6. The number of rotatable bonds is 6. The van der Waals surface area contributed by atoms with Gasteiger partial charge in [0.25, 0.3) is 5.91 Å². The van der Waals surface area contributed by atoms with Gasteiger partial charge in [-0.05, 0) is 33.6 Å². The zero-order chi connectivity index (χ0) is 18.5. The predicted octanol–water partition coefficient (Wildman–Crippen LogP) is 4.05. The topological polar surface area (TPSA) is 73.6 Å². The zero-order valence-electron chi connectivity index (χ0n) is 14.3. The van der Waals surface area contributed by atoms with E-state index >= 15 is 0 Å². The van der Waals surface area contributed by atoms with Gasteiger partial charge in [0, 0.05) is 18.2 Å². The summed E-state index contributed by atoms with van der Waals surface area (Å²) in [6.07, 6.45) is 0. The number of carbonyl (C=O) groups is 1. The lowest BCUT2D eigenvalue weighted by Crippen LogP contribution is -2.22. The molecule has 0 atom stereocenters. The molecule has 0 spiro atoms. The van der Waals surface area contributed by atoms with E-state index in [1.54, 1.807) is 26.4 Å². The van der Waals surface area contributed by atoms with Crippen molar-refractivity contribution in [2.75, 3.05) is 14.2 Å². The maximum absolute atomic E-state index is 12.3. The van der Waals surface area contributed by atoms with Crippen molar-refractivity contribution in [2.24, 2.45) is 0 Å². The lowest BCUT2D eigenvalue weighted by atomic mass is 10.1. The molecule has 2 aromatic carbocycles. The number of amides is 1. The third-order valence-corrected chi connectivity index (χ3v) is 4.34. The molecule has 6 nitrogen and oxygen atoms in total. The summed E-state index contributed by atoms with van der Waals surface area (Å²) in [5, 5.41) is 6.75. The smallest absolute Gasteiger partial charge is 0.290 e. The molecule has 0 aliphatic carbocycles. The molecule has 0 fully saturated rings. The zero-order valence-corrected chi connectivity index (χ0v) is 15.9. The van der Waals surface area contributed by atoms with Gasteiger partial charge in [-0.1, -0.05) is 35.5 Å². The third kappa shape index (κ3) is 3.88. The molecule has 3 rings (SSSR count). The number of nitrogens with zero attached hydrogens (tertiary/aromatic N) is 1. The van der Waals surface area contributed by atoms with Crippen LogP contribution in [0.3, 0.4) is 0 Å². The molecule has 1 N–H and O–H groups in total. The lowest BCUT2D eigenvalue weighted by Gasteiger charge is -2.12. The first kappa shape index (κ1) is 18.0. The van der Waals surface area contributed by atoms with Crippen molar-refractivity contribution in [3.63, 3.8) is 0 Å². The number of methoxy groups -OCH3 is 2. The summed E-state index contributed by atoms with van der Waals surface area (Å²) in [5.74, 6) is 0.997. The SMILES string of the molecule is COc1cc(CNC(=O)c2cc(-c3ccccc3)no2)cc(Br)c1OC. The van der Waals surface area contributed by atoms with Crippen LogP contribution in [0, 0.1) is 0 Å². The highest BCUT2D eigenvalue weighted by molar-refractivity contribution is 9.10. The van der Waals surface area contributed by atoms with E-state index in [-0.39, 0.29) is 11.7 Å². The van der Waals surface area contributed by atoms with Gasteiger partial charge in [-0.25, -0.2) is 0 Å². The molecule has 26 heavy (non-hydrogen) atoms. The van der Waals surface area contributed by atoms with Gasteiger partial charge in [0.05, 0.1) is 18.7 Å². The monoisotopic (exact) mass is 416 g/mol. The minimum absolute atomic E-state index is 0.156. The molecule has 1 heterocycles. The summed E-state index contributed by atoms with van der Waals surface area (Å²) >= 11 is 3.43. The number of hydrogen-bond acceptors (Lipinski definition) is 5. The Bertz CT molecular complexity index is 909. The fraction of sp³-hybridized carbons (Fsp3) is 0.158. The highest BCUT2D eigenvalue weighted by atomic mass is 79.9. The minimum Gasteiger partial charge on any atom is -0.493 e. The fourth-order valence-corrected chi connectivity index (χ4v) is 3.12. The molecule has 0 aliphatic rings. The first-order valence-corrected chi connectivity index (χ1v) is 8.62. The fourth-order valence-electron chi connectivity index (χ4n) is 2.47. The number of nitrogens with one attached hydrogen (secondary N) is 1. The Hall–Kier alpha value is -2.80. The van der Waals surface area contributed by atoms with Crippen LogP contribution in [0.1, 0.15) is 16.1 Å². The second kappa shape index (κ2) is 8.05. The van der Waals surface area contributed by atoms with Crippen molar-refractivity contribution in [2.45, 2.75) is 6.54 Å². The van der Waals surface area contributed by atoms with Crippen LogP contribution in [0.2, 0.25) is 0 Å². The molecular weight excluding hydrogens is 400 g/mol. The number of halogens is 1. The van der Waals surface area contributed by atoms with Crippen LogP contribution in [0.25, 0.3) is 11.3 Å². The Morgan fingerprint density at radius 2 is 1.92 bits per heavy atom. The number of aromatic nitrogens is 1.